The lowest BCUT2D eigenvalue weighted by atomic mass is 9.95. The van der Waals surface area contributed by atoms with Crippen molar-refractivity contribution in [2.75, 3.05) is 7.11 Å². The number of hydrogen-bond donors (Lipinski definition) is 1. The van der Waals surface area contributed by atoms with Gasteiger partial charge in [0.15, 0.2) is 0 Å². The van der Waals surface area contributed by atoms with Crippen LogP contribution in [0.1, 0.15) is 24.0 Å². The monoisotopic (exact) mass is 206 g/mol. The third-order valence-corrected chi connectivity index (χ3v) is 3.21. The van der Waals surface area contributed by atoms with Crippen LogP contribution in [0, 0.1) is 5.92 Å². The summed E-state index contributed by atoms with van der Waals surface area (Å²) in [4.78, 5) is 11.5. The van der Waals surface area contributed by atoms with E-state index in [1.165, 1.54) is 7.11 Å². The second-order valence-corrected chi connectivity index (χ2v) is 3.97. The molecule has 1 aliphatic rings. The Morgan fingerprint density at radius 1 is 1.53 bits per heavy atom. The Balaban J connectivity index is 2.37. The summed E-state index contributed by atoms with van der Waals surface area (Å²) >= 11 is 0. The lowest BCUT2D eigenvalue weighted by molar-refractivity contribution is -0.145. The third-order valence-electron chi connectivity index (χ3n) is 3.21. The molecule has 1 aromatic rings. The zero-order chi connectivity index (χ0) is 11.0. The molecule has 0 fully saturated rings. The number of benzene rings is 1. The van der Waals surface area contributed by atoms with Gasteiger partial charge in [-0.15, -0.1) is 0 Å². The van der Waals surface area contributed by atoms with Crippen LogP contribution in [-0.2, 0) is 16.0 Å². The molecule has 80 valence electrons. The van der Waals surface area contributed by atoms with E-state index in [2.05, 4.69) is 0 Å². The van der Waals surface area contributed by atoms with Crippen molar-refractivity contribution in [2.45, 2.75) is 19.3 Å². The molecule has 0 saturated carbocycles. The van der Waals surface area contributed by atoms with Crippen molar-refractivity contribution >= 4 is 5.97 Å². The number of fused-ring (bicyclic) bond motifs is 1. The van der Waals surface area contributed by atoms with Gasteiger partial charge in [-0.2, -0.15) is 0 Å². The van der Waals surface area contributed by atoms with Gasteiger partial charge in [0.2, 0.25) is 0 Å². The molecule has 15 heavy (non-hydrogen) atoms. The number of hydrogen-bond acceptors (Lipinski definition) is 3. The van der Waals surface area contributed by atoms with Crippen molar-refractivity contribution in [3.8, 4) is 5.75 Å². The molecule has 2 unspecified atom stereocenters. The van der Waals surface area contributed by atoms with E-state index in [4.69, 9.17) is 4.74 Å². The fourth-order valence-electron chi connectivity index (χ4n) is 2.29. The third kappa shape index (κ3) is 1.48. The van der Waals surface area contributed by atoms with Gasteiger partial charge >= 0.3 is 5.97 Å². The molecule has 1 N–H and O–H groups in total. The van der Waals surface area contributed by atoms with Crippen LogP contribution in [0.4, 0.5) is 0 Å². The number of methoxy groups -OCH3 is 1. The minimum absolute atomic E-state index is 0.125. The van der Waals surface area contributed by atoms with E-state index in [0.717, 1.165) is 11.1 Å². The molecule has 0 saturated heterocycles. The molecule has 1 aromatic carbocycles. The molecule has 0 aromatic heterocycles. The molecule has 0 amide bonds. The summed E-state index contributed by atoms with van der Waals surface area (Å²) in [6, 6.07) is 5.43. The molecule has 2 atom stereocenters. The highest BCUT2D eigenvalue weighted by atomic mass is 16.5. The van der Waals surface area contributed by atoms with Crippen molar-refractivity contribution in [1.29, 1.82) is 0 Å². The molecule has 3 heteroatoms. The van der Waals surface area contributed by atoms with Gasteiger partial charge in [0.1, 0.15) is 5.75 Å². The molecule has 0 heterocycles. The molecule has 2 rings (SSSR count). The highest BCUT2D eigenvalue weighted by molar-refractivity contribution is 5.76. The summed E-state index contributed by atoms with van der Waals surface area (Å²) in [5.74, 6) is 0.0571. The average Bonchev–Trinajstić information content (AvgIpc) is 2.57. The predicted molar refractivity (Wildman–Crippen MR) is 55.7 cm³/mol. The SMILES string of the molecule is COC(=O)C1Cc2c(O)cccc2C1C. The minimum atomic E-state index is -0.196. The van der Waals surface area contributed by atoms with Crippen molar-refractivity contribution in [3.05, 3.63) is 29.3 Å². The number of ether oxygens (including phenoxy) is 1. The summed E-state index contributed by atoms with van der Waals surface area (Å²) < 4.78 is 4.76. The smallest absolute Gasteiger partial charge is 0.309 e. The molecule has 0 bridgehead atoms. The number of phenols is 1. The van der Waals surface area contributed by atoms with E-state index in [1.54, 1.807) is 6.07 Å². The predicted octanol–water partition coefficient (Wildman–Crippen LogP) is 1.84. The van der Waals surface area contributed by atoms with Crippen molar-refractivity contribution in [1.82, 2.24) is 0 Å². The van der Waals surface area contributed by atoms with Crippen molar-refractivity contribution in [2.24, 2.45) is 5.92 Å². The molecule has 0 aliphatic heterocycles. The minimum Gasteiger partial charge on any atom is -0.508 e. The first-order valence-electron chi connectivity index (χ1n) is 5.03. The van der Waals surface area contributed by atoms with E-state index in [9.17, 15) is 9.90 Å². The molecule has 1 aliphatic carbocycles. The summed E-state index contributed by atoms with van der Waals surface area (Å²) in [5, 5.41) is 9.67. The van der Waals surface area contributed by atoms with Gasteiger partial charge in [0.05, 0.1) is 13.0 Å². The molecule has 3 nitrogen and oxygen atoms in total. The standard InChI is InChI=1S/C12H14O3/c1-7-8-4-3-5-11(13)10(8)6-9(7)12(14)15-2/h3-5,7,9,13H,6H2,1-2H3. The quantitative estimate of drug-likeness (QED) is 0.713. The molecular formula is C12H14O3. The van der Waals surface area contributed by atoms with Gasteiger partial charge in [0.25, 0.3) is 0 Å². The van der Waals surface area contributed by atoms with E-state index >= 15 is 0 Å². The van der Waals surface area contributed by atoms with E-state index < -0.39 is 0 Å². The maximum atomic E-state index is 11.5. The number of carbonyl (C=O) groups excluding carboxylic acids is 1. The summed E-state index contributed by atoms with van der Waals surface area (Å²) in [5.41, 5.74) is 1.95. The highest BCUT2D eigenvalue weighted by Gasteiger charge is 2.36. The van der Waals surface area contributed by atoms with Crippen LogP contribution in [-0.4, -0.2) is 18.2 Å². The van der Waals surface area contributed by atoms with Crippen LogP contribution in [0.5, 0.6) is 5.75 Å². The zero-order valence-electron chi connectivity index (χ0n) is 8.86. The maximum Gasteiger partial charge on any atom is 0.309 e. The second-order valence-electron chi connectivity index (χ2n) is 3.97. The van der Waals surface area contributed by atoms with Gasteiger partial charge < -0.3 is 9.84 Å². The van der Waals surface area contributed by atoms with Crippen LogP contribution < -0.4 is 0 Å². The van der Waals surface area contributed by atoms with Crippen LogP contribution in [0.15, 0.2) is 18.2 Å². The summed E-state index contributed by atoms with van der Waals surface area (Å²) in [7, 11) is 1.40. The van der Waals surface area contributed by atoms with Crippen molar-refractivity contribution in [3.63, 3.8) is 0 Å². The van der Waals surface area contributed by atoms with Crippen LogP contribution >= 0.6 is 0 Å². The Kier molecular flexibility index (Phi) is 2.39. The summed E-state index contributed by atoms with van der Waals surface area (Å²) in [6.45, 7) is 1.99. The highest BCUT2D eigenvalue weighted by Crippen LogP contribution is 2.41. The average molecular weight is 206 g/mol. The topological polar surface area (TPSA) is 46.5 Å². The lowest BCUT2D eigenvalue weighted by Gasteiger charge is -2.12. The van der Waals surface area contributed by atoms with Crippen LogP contribution in [0.25, 0.3) is 0 Å². The Bertz CT molecular complexity index is 398. The Hall–Kier alpha value is -1.51. The van der Waals surface area contributed by atoms with Crippen LogP contribution in [0.3, 0.4) is 0 Å². The summed E-state index contributed by atoms with van der Waals surface area (Å²) in [6.07, 6.45) is 0.579. The Labute approximate surface area is 88.7 Å². The largest absolute Gasteiger partial charge is 0.508 e. The van der Waals surface area contributed by atoms with Gasteiger partial charge in [-0.3, -0.25) is 4.79 Å². The number of esters is 1. The molecule has 0 radical (unpaired) electrons. The van der Waals surface area contributed by atoms with Crippen molar-refractivity contribution < 1.29 is 14.6 Å². The molecular weight excluding hydrogens is 192 g/mol. The Morgan fingerprint density at radius 2 is 2.27 bits per heavy atom. The maximum absolute atomic E-state index is 11.5. The van der Waals surface area contributed by atoms with Crippen LogP contribution in [0.2, 0.25) is 0 Å². The van der Waals surface area contributed by atoms with E-state index in [-0.39, 0.29) is 23.6 Å². The van der Waals surface area contributed by atoms with Gasteiger partial charge in [-0.25, -0.2) is 0 Å². The van der Waals surface area contributed by atoms with Gasteiger partial charge in [0, 0.05) is 0 Å². The Morgan fingerprint density at radius 3 is 2.87 bits per heavy atom. The number of rotatable bonds is 1. The normalized spacial score (nSPS) is 23.6. The number of aromatic hydroxyl groups is 1. The number of phenolic OH excluding ortho intramolecular Hbond substituents is 1. The second kappa shape index (κ2) is 3.57. The first-order valence-corrected chi connectivity index (χ1v) is 5.03. The fraction of sp³-hybridized carbons (Fsp3) is 0.417. The first kappa shape index (κ1) is 10.0. The fourth-order valence-corrected chi connectivity index (χ4v) is 2.29. The first-order chi connectivity index (χ1) is 7.15. The van der Waals surface area contributed by atoms with Gasteiger partial charge in [-0.05, 0) is 29.5 Å². The molecule has 0 spiro atoms. The zero-order valence-corrected chi connectivity index (χ0v) is 8.86. The van der Waals surface area contributed by atoms with E-state index in [0.29, 0.717) is 6.42 Å². The number of carbonyl (C=O) groups is 1. The lowest BCUT2D eigenvalue weighted by Crippen LogP contribution is -2.18. The van der Waals surface area contributed by atoms with E-state index in [1.807, 2.05) is 19.1 Å². The van der Waals surface area contributed by atoms with Gasteiger partial charge in [-0.1, -0.05) is 19.1 Å².